The Hall–Kier alpha value is -2.20. The molecule has 4 heteroatoms. The van der Waals surface area contributed by atoms with Crippen LogP contribution in [0.5, 0.6) is 0 Å². The Morgan fingerprint density at radius 3 is 2.50 bits per heavy atom. The summed E-state index contributed by atoms with van der Waals surface area (Å²) in [6.45, 7) is 4.84. The third-order valence-electron chi connectivity index (χ3n) is 3.91. The summed E-state index contributed by atoms with van der Waals surface area (Å²) in [4.78, 5) is 4.66. The van der Waals surface area contributed by atoms with E-state index in [1.54, 1.807) is 10.5 Å². The van der Waals surface area contributed by atoms with E-state index in [4.69, 9.17) is 5.73 Å². The molecule has 0 amide bonds. The highest BCUT2D eigenvalue weighted by Gasteiger charge is 2.14. The molecule has 114 valence electrons. The quantitative estimate of drug-likeness (QED) is 0.796. The average Bonchev–Trinajstić information content (AvgIpc) is 2.86. The van der Waals surface area contributed by atoms with Crippen LogP contribution in [0.1, 0.15) is 31.0 Å². The van der Waals surface area contributed by atoms with E-state index in [0.717, 1.165) is 22.6 Å². The van der Waals surface area contributed by atoms with Gasteiger partial charge < -0.3 is 10.1 Å². The predicted octanol–water partition coefficient (Wildman–Crippen LogP) is 3.77. The van der Waals surface area contributed by atoms with Gasteiger partial charge in [-0.25, -0.2) is 9.37 Å². The first kappa shape index (κ1) is 14.7. The van der Waals surface area contributed by atoms with Crippen molar-refractivity contribution in [2.45, 2.75) is 26.2 Å². The van der Waals surface area contributed by atoms with Gasteiger partial charge in [-0.3, -0.25) is 0 Å². The van der Waals surface area contributed by atoms with Crippen LogP contribution in [0, 0.1) is 5.82 Å². The molecule has 0 bridgehead atoms. The normalized spacial score (nSPS) is 11.5. The van der Waals surface area contributed by atoms with Gasteiger partial charge in [-0.15, -0.1) is 0 Å². The summed E-state index contributed by atoms with van der Waals surface area (Å²) in [5.41, 5.74) is 10.6. The summed E-state index contributed by atoms with van der Waals surface area (Å²) in [6.07, 6.45) is 2.13. The van der Waals surface area contributed by atoms with Gasteiger partial charge in [-0.05, 0) is 30.2 Å². The van der Waals surface area contributed by atoms with Crippen LogP contribution in [0.2, 0.25) is 0 Å². The van der Waals surface area contributed by atoms with E-state index >= 15 is 0 Å². The Morgan fingerprint density at radius 1 is 1.14 bits per heavy atom. The van der Waals surface area contributed by atoms with Crippen LogP contribution in [0.15, 0.2) is 42.6 Å². The van der Waals surface area contributed by atoms with Gasteiger partial charge in [0.05, 0.1) is 11.4 Å². The fraction of sp³-hybridized carbons (Fsp3) is 0.278. The number of hydrogen-bond acceptors (Lipinski definition) is 2. The molecule has 3 aromatic rings. The lowest BCUT2D eigenvalue weighted by Gasteiger charge is -2.07. The molecular weight excluding hydrogens is 277 g/mol. The minimum atomic E-state index is -0.273. The van der Waals surface area contributed by atoms with Gasteiger partial charge in [0, 0.05) is 18.2 Å². The number of imidazole rings is 1. The molecule has 0 unspecified atom stereocenters. The van der Waals surface area contributed by atoms with Crippen molar-refractivity contribution in [2.75, 3.05) is 6.54 Å². The summed E-state index contributed by atoms with van der Waals surface area (Å²) in [5.74, 6) is 0.220. The van der Waals surface area contributed by atoms with E-state index in [1.807, 2.05) is 0 Å². The molecule has 1 aromatic carbocycles. The van der Waals surface area contributed by atoms with E-state index in [1.165, 1.54) is 17.8 Å². The van der Waals surface area contributed by atoms with Gasteiger partial charge in [-0.2, -0.15) is 0 Å². The number of pyridine rings is 1. The molecule has 2 N–H and O–H groups in total. The van der Waals surface area contributed by atoms with E-state index in [2.05, 4.69) is 43.1 Å². The number of aromatic nitrogens is 2. The molecule has 2 heterocycles. The molecule has 0 aliphatic heterocycles. The summed E-state index contributed by atoms with van der Waals surface area (Å²) in [7, 11) is 0. The van der Waals surface area contributed by atoms with Crippen LogP contribution in [-0.4, -0.2) is 15.9 Å². The highest BCUT2D eigenvalue weighted by atomic mass is 19.1. The Kier molecular flexibility index (Phi) is 3.94. The molecule has 0 radical (unpaired) electrons. The van der Waals surface area contributed by atoms with Crippen molar-refractivity contribution in [2.24, 2.45) is 5.73 Å². The molecule has 3 nitrogen and oxygen atoms in total. The maximum absolute atomic E-state index is 13.5. The summed E-state index contributed by atoms with van der Waals surface area (Å²) >= 11 is 0. The first-order valence-corrected chi connectivity index (χ1v) is 7.57. The molecule has 0 aliphatic carbocycles. The van der Waals surface area contributed by atoms with Gasteiger partial charge in [0.15, 0.2) is 0 Å². The number of nitrogens with two attached hydrogens (primary N) is 1. The van der Waals surface area contributed by atoms with Gasteiger partial charge >= 0.3 is 0 Å². The predicted molar refractivity (Wildman–Crippen MR) is 87.4 cm³/mol. The molecule has 0 saturated heterocycles. The van der Waals surface area contributed by atoms with Crippen molar-refractivity contribution in [3.8, 4) is 11.3 Å². The van der Waals surface area contributed by atoms with E-state index in [9.17, 15) is 4.39 Å². The van der Waals surface area contributed by atoms with Gasteiger partial charge in [0.1, 0.15) is 11.5 Å². The van der Waals surface area contributed by atoms with Crippen molar-refractivity contribution in [3.05, 3.63) is 59.7 Å². The molecule has 2 aromatic heterocycles. The van der Waals surface area contributed by atoms with Crippen LogP contribution < -0.4 is 5.73 Å². The topological polar surface area (TPSA) is 43.3 Å². The number of halogens is 1. The minimum absolute atomic E-state index is 0.273. The number of fused-ring (bicyclic) bond motifs is 1. The Balaban J connectivity index is 2.14. The molecule has 0 aliphatic rings. The molecule has 22 heavy (non-hydrogen) atoms. The van der Waals surface area contributed by atoms with Gasteiger partial charge in [-0.1, -0.05) is 38.1 Å². The lowest BCUT2D eigenvalue weighted by molar-refractivity contribution is 0.617. The zero-order valence-electron chi connectivity index (χ0n) is 12.9. The van der Waals surface area contributed by atoms with Crippen molar-refractivity contribution >= 4 is 5.65 Å². The van der Waals surface area contributed by atoms with Crippen LogP contribution in [0.25, 0.3) is 16.9 Å². The zero-order valence-corrected chi connectivity index (χ0v) is 12.9. The van der Waals surface area contributed by atoms with E-state index in [-0.39, 0.29) is 5.82 Å². The lowest BCUT2D eigenvalue weighted by Crippen LogP contribution is -2.06. The van der Waals surface area contributed by atoms with Crippen molar-refractivity contribution in [3.63, 3.8) is 0 Å². The fourth-order valence-corrected chi connectivity index (χ4v) is 2.70. The van der Waals surface area contributed by atoms with Gasteiger partial charge in [0.2, 0.25) is 0 Å². The van der Waals surface area contributed by atoms with Crippen LogP contribution in [0.3, 0.4) is 0 Å². The highest BCUT2D eigenvalue weighted by Crippen LogP contribution is 2.27. The van der Waals surface area contributed by atoms with E-state index in [0.29, 0.717) is 18.9 Å². The molecular formula is C18H20FN3. The minimum Gasteiger partial charge on any atom is -0.330 e. The largest absolute Gasteiger partial charge is 0.330 e. The van der Waals surface area contributed by atoms with Crippen LogP contribution in [-0.2, 0) is 6.42 Å². The van der Waals surface area contributed by atoms with Crippen LogP contribution >= 0.6 is 0 Å². The Labute approximate surface area is 129 Å². The maximum atomic E-state index is 13.5. The number of nitrogens with zero attached hydrogens (tertiary/aromatic N) is 2. The fourth-order valence-electron chi connectivity index (χ4n) is 2.70. The first-order chi connectivity index (χ1) is 10.6. The summed E-state index contributed by atoms with van der Waals surface area (Å²) in [5, 5.41) is 0. The molecule has 3 rings (SSSR count). The van der Waals surface area contributed by atoms with Crippen molar-refractivity contribution in [1.82, 2.24) is 9.38 Å². The highest BCUT2D eigenvalue weighted by molar-refractivity contribution is 5.67. The SMILES string of the molecule is CC(C)c1ccc(-c2nc3ccc(F)cn3c2CCN)cc1. The second-order valence-corrected chi connectivity index (χ2v) is 5.80. The first-order valence-electron chi connectivity index (χ1n) is 7.57. The number of rotatable bonds is 4. The van der Waals surface area contributed by atoms with Crippen LogP contribution in [0.4, 0.5) is 4.39 Å². The standard InChI is InChI=1S/C18H20FN3/c1-12(2)13-3-5-14(6-4-13)18-16(9-10-20)22-11-15(19)7-8-17(22)21-18/h3-8,11-12H,9-10,20H2,1-2H3. The second-order valence-electron chi connectivity index (χ2n) is 5.80. The lowest BCUT2D eigenvalue weighted by atomic mass is 10.00. The summed E-state index contributed by atoms with van der Waals surface area (Å²) in [6, 6.07) is 11.5. The third kappa shape index (κ3) is 2.62. The Bertz CT molecular complexity index is 788. The Morgan fingerprint density at radius 2 is 1.86 bits per heavy atom. The number of benzene rings is 1. The second kappa shape index (κ2) is 5.89. The maximum Gasteiger partial charge on any atom is 0.139 e. The monoisotopic (exact) mass is 297 g/mol. The van der Waals surface area contributed by atoms with Crippen molar-refractivity contribution < 1.29 is 4.39 Å². The zero-order chi connectivity index (χ0) is 15.7. The third-order valence-corrected chi connectivity index (χ3v) is 3.91. The molecule has 0 fully saturated rings. The molecule has 0 saturated carbocycles. The summed E-state index contributed by atoms with van der Waals surface area (Å²) < 4.78 is 15.3. The van der Waals surface area contributed by atoms with E-state index < -0.39 is 0 Å². The molecule has 0 spiro atoms. The molecule has 0 atom stereocenters. The van der Waals surface area contributed by atoms with Crippen molar-refractivity contribution in [1.29, 1.82) is 0 Å². The smallest absolute Gasteiger partial charge is 0.139 e. The number of hydrogen-bond donors (Lipinski definition) is 1. The average molecular weight is 297 g/mol. The van der Waals surface area contributed by atoms with Gasteiger partial charge in [0.25, 0.3) is 0 Å².